The zero-order valence-electron chi connectivity index (χ0n) is 16.2. The third-order valence-electron chi connectivity index (χ3n) is 4.30. The molecule has 0 atom stereocenters. The predicted octanol–water partition coefficient (Wildman–Crippen LogP) is 4.17. The van der Waals surface area contributed by atoms with Gasteiger partial charge in [0.2, 0.25) is 5.91 Å². The molecule has 0 saturated heterocycles. The Bertz CT molecular complexity index is 1140. The van der Waals surface area contributed by atoms with Crippen LogP contribution < -0.4 is 10.1 Å². The van der Waals surface area contributed by atoms with Crippen LogP contribution in [0.1, 0.15) is 11.4 Å². The molecule has 3 aromatic heterocycles. The van der Waals surface area contributed by atoms with E-state index in [1.54, 1.807) is 13.3 Å². The first-order chi connectivity index (χ1) is 14.0. The molecule has 1 N–H and O–H groups in total. The number of thiazole rings is 2. The number of nitrogens with one attached hydrogen (secondary N) is 1. The minimum atomic E-state index is -0.142. The molecule has 1 aromatic carbocycles. The summed E-state index contributed by atoms with van der Waals surface area (Å²) in [6, 6.07) is 7.71. The first kappa shape index (κ1) is 19.3. The fourth-order valence-electron chi connectivity index (χ4n) is 2.82. The summed E-state index contributed by atoms with van der Waals surface area (Å²) in [4.78, 5) is 26.8. The van der Waals surface area contributed by atoms with Crippen molar-refractivity contribution in [2.24, 2.45) is 7.05 Å². The molecule has 1 amide bonds. The second kappa shape index (κ2) is 8.14. The molecule has 0 aliphatic carbocycles. The summed E-state index contributed by atoms with van der Waals surface area (Å²) >= 11 is 2.93. The van der Waals surface area contributed by atoms with Gasteiger partial charge >= 0.3 is 0 Å². The molecule has 0 radical (unpaired) electrons. The summed E-state index contributed by atoms with van der Waals surface area (Å²) in [6.45, 7) is 1.91. The Balaban J connectivity index is 1.43. The Labute approximate surface area is 176 Å². The van der Waals surface area contributed by atoms with Crippen LogP contribution in [0, 0.1) is 6.92 Å². The molecular formula is C20H19N5O2S2. The van der Waals surface area contributed by atoms with Crippen molar-refractivity contribution in [2.45, 2.75) is 13.3 Å². The lowest BCUT2D eigenvalue weighted by Crippen LogP contribution is -2.14. The highest BCUT2D eigenvalue weighted by Crippen LogP contribution is 2.31. The lowest BCUT2D eigenvalue weighted by Gasteiger charge is -2.01. The SMILES string of the molecule is COc1ccc(-c2nc(CC(=O)Nc3nc(C)c(-c4nccn4C)s3)cs2)cc1. The van der Waals surface area contributed by atoms with Crippen LogP contribution in [-0.4, -0.2) is 32.5 Å². The average molecular weight is 426 g/mol. The van der Waals surface area contributed by atoms with Crippen molar-refractivity contribution < 1.29 is 9.53 Å². The Morgan fingerprint density at radius 1 is 1.24 bits per heavy atom. The van der Waals surface area contributed by atoms with Crippen LogP contribution in [0.3, 0.4) is 0 Å². The number of hydrogen-bond acceptors (Lipinski definition) is 7. The largest absolute Gasteiger partial charge is 0.497 e. The number of methoxy groups -OCH3 is 1. The van der Waals surface area contributed by atoms with E-state index in [0.29, 0.717) is 5.13 Å². The maximum atomic E-state index is 12.5. The lowest BCUT2D eigenvalue weighted by molar-refractivity contribution is -0.115. The van der Waals surface area contributed by atoms with Gasteiger partial charge in [-0.15, -0.1) is 11.3 Å². The predicted molar refractivity (Wildman–Crippen MR) is 115 cm³/mol. The topological polar surface area (TPSA) is 81.9 Å². The first-order valence-corrected chi connectivity index (χ1v) is 10.6. The molecule has 0 aliphatic rings. The van der Waals surface area contributed by atoms with Crippen LogP contribution >= 0.6 is 22.7 Å². The van der Waals surface area contributed by atoms with Crippen molar-refractivity contribution >= 4 is 33.7 Å². The van der Waals surface area contributed by atoms with E-state index in [0.717, 1.165) is 38.4 Å². The van der Waals surface area contributed by atoms with Gasteiger partial charge in [0.25, 0.3) is 0 Å². The Morgan fingerprint density at radius 3 is 2.72 bits per heavy atom. The van der Waals surface area contributed by atoms with E-state index in [-0.39, 0.29) is 12.3 Å². The molecule has 29 heavy (non-hydrogen) atoms. The number of ether oxygens (including phenoxy) is 1. The van der Waals surface area contributed by atoms with Gasteiger partial charge in [-0.1, -0.05) is 11.3 Å². The number of nitrogens with zero attached hydrogens (tertiary/aromatic N) is 4. The normalized spacial score (nSPS) is 10.9. The number of anilines is 1. The highest BCUT2D eigenvalue weighted by molar-refractivity contribution is 7.19. The molecule has 4 aromatic rings. The molecule has 0 aliphatic heterocycles. The summed E-state index contributed by atoms with van der Waals surface area (Å²) in [5.41, 5.74) is 2.57. The molecule has 0 unspecified atom stereocenters. The Morgan fingerprint density at radius 2 is 2.03 bits per heavy atom. The van der Waals surface area contributed by atoms with E-state index in [4.69, 9.17) is 4.74 Å². The van der Waals surface area contributed by atoms with Gasteiger partial charge in [-0.2, -0.15) is 0 Å². The van der Waals surface area contributed by atoms with E-state index in [2.05, 4.69) is 20.3 Å². The first-order valence-electron chi connectivity index (χ1n) is 8.87. The zero-order chi connectivity index (χ0) is 20.4. The van der Waals surface area contributed by atoms with Crippen molar-refractivity contribution in [1.29, 1.82) is 0 Å². The number of carbonyl (C=O) groups excluding carboxylic acids is 1. The number of aryl methyl sites for hydroxylation is 2. The van der Waals surface area contributed by atoms with Gasteiger partial charge in [0.15, 0.2) is 11.0 Å². The molecule has 0 bridgehead atoms. The van der Waals surface area contributed by atoms with Crippen LogP contribution in [0.25, 0.3) is 21.3 Å². The second-order valence-corrected chi connectivity index (χ2v) is 8.25. The zero-order valence-corrected chi connectivity index (χ0v) is 17.8. The van der Waals surface area contributed by atoms with Crippen molar-refractivity contribution in [3.05, 3.63) is 53.4 Å². The minimum Gasteiger partial charge on any atom is -0.497 e. The van der Waals surface area contributed by atoms with E-state index in [1.165, 1.54) is 22.7 Å². The van der Waals surface area contributed by atoms with Gasteiger partial charge < -0.3 is 14.6 Å². The van der Waals surface area contributed by atoms with Crippen LogP contribution in [0.15, 0.2) is 42.0 Å². The van der Waals surface area contributed by atoms with Crippen molar-refractivity contribution in [3.8, 4) is 27.0 Å². The third kappa shape index (κ3) is 4.20. The third-order valence-corrected chi connectivity index (χ3v) is 6.31. The molecule has 9 heteroatoms. The molecule has 4 rings (SSSR count). The molecule has 0 fully saturated rings. The number of rotatable bonds is 6. The fraction of sp³-hybridized carbons (Fsp3) is 0.200. The van der Waals surface area contributed by atoms with E-state index < -0.39 is 0 Å². The number of benzene rings is 1. The highest BCUT2D eigenvalue weighted by atomic mass is 32.1. The number of amides is 1. The lowest BCUT2D eigenvalue weighted by atomic mass is 10.2. The van der Waals surface area contributed by atoms with Crippen LogP contribution in [0.4, 0.5) is 5.13 Å². The smallest absolute Gasteiger partial charge is 0.232 e. The summed E-state index contributed by atoms with van der Waals surface area (Å²) < 4.78 is 7.11. The summed E-state index contributed by atoms with van der Waals surface area (Å²) in [5.74, 6) is 1.49. The molecular weight excluding hydrogens is 406 g/mol. The van der Waals surface area contributed by atoms with Crippen LogP contribution in [-0.2, 0) is 18.3 Å². The molecule has 7 nitrogen and oxygen atoms in total. The second-order valence-electron chi connectivity index (χ2n) is 6.39. The van der Waals surface area contributed by atoms with E-state index in [9.17, 15) is 4.79 Å². The number of carbonyl (C=O) groups is 1. The summed E-state index contributed by atoms with van der Waals surface area (Å²) in [7, 11) is 3.57. The maximum Gasteiger partial charge on any atom is 0.232 e. The molecule has 148 valence electrons. The quantitative estimate of drug-likeness (QED) is 0.501. The van der Waals surface area contributed by atoms with Gasteiger partial charge in [-0.05, 0) is 31.2 Å². The monoisotopic (exact) mass is 425 g/mol. The Hall–Kier alpha value is -3.04. The highest BCUT2D eigenvalue weighted by Gasteiger charge is 2.16. The van der Waals surface area contributed by atoms with Crippen molar-refractivity contribution in [2.75, 3.05) is 12.4 Å². The van der Waals surface area contributed by atoms with Crippen molar-refractivity contribution in [1.82, 2.24) is 19.5 Å². The molecule has 0 spiro atoms. The van der Waals surface area contributed by atoms with Crippen LogP contribution in [0.5, 0.6) is 5.75 Å². The average Bonchev–Trinajstić information content (AvgIpc) is 3.42. The Kier molecular flexibility index (Phi) is 5.41. The summed E-state index contributed by atoms with van der Waals surface area (Å²) in [5, 5.41) is 6.22. The van der Waals surface area contributed by atoms with Crippen molar-refractivity contribution in [3.63, 3.8) is 0 Å². The van der Waals surface area contributed by atoms with Gasteiger partial charge in [0.05, 0.1) is 29.8 Å². The molecule has 0 saturated carbocycles. The molecule has 3 heterocycles. The number of hydrogen-bond donors (Lipinski definition) is 1. The summed E-state index contributed by atoms with van der Waals surface area (Å²) in [6.07, 6.45) is 3.83. The van der Waals surface area contributed by atoms with Gasteiger partial charge in [0.1, 0.15) is 10.8 Å². The maximum absolute atomic E-state index is 12.5. The van der Waals surface area contributed by atoms with Gasteiger partial charge in [0, 0.05) is 30.4 Å². The van der Waals surface area contributed by atoms with Gasteiger partial charge in [-0.25, -0.2) is 15.0 Å². The minimum absolute atomic E-state index is 0.142. The van der Waals surface area contributed by atoms with E-state index >= 15 is 0 Å². The standard InChI is InChI=1S/C20H19N5O2S2/c1-12-17(18-21-8-9-25(18)2)29-20(22-12)24-16(26)10-14-11-28-19(23-14)13-4-6-15(27-3)7-5-13/h4-9,11H,10H2,1-3H3,(H,22,24,26). The number of imidazole rings is 1. The fourth-order valence-corrected chi connectivity index (χ4v) is 4.67. The van der Waals surface area contributed by atoms with E-state index in [1.807, 2.05) is 54.4 Å². The van der Waals surface area contributed by atoms with Crippen LogP contribution in [0.2, 0.25) is 0 Å². The van der Waals surface area contributed by atoms with Gasteiger partial charge in [-0.3, -0.25) is 4.79 Å². The number of aromatic nitrogens is 4.